The highest BCUT2D eigenvalue weighted by Gasteiger charge is 2.20. The number of aromatic nitrogens is 1. The van der Waals surface area contributed by atoms with Gasteiger partial charge in [0.05, 0.1) is 26.3 Å². The molecule has 5 heteroatoms. The van der Waals surface area contributed by atoms with Crippen LogP contribution in [0.15, 0.2) is 54.7 Å². The number of rotatable bonds is 8. The second-order valence-corrected chi connectivity index (χ2v) is 7.76. The molecule has 30 heavy (non-hydrogen) atoms. The molecule has 0 radical (unpaired) electrons. The number of pyridine rings is 1. The van der Waals surface area contributed by atoms with E-state index < -0.39 is 0 Å². The van der Waals surface area contributed by atoms with Crippen molar-refractivity contribution >= 4 is 10.9 Å². The van der Waals surface area contributed by atoms with Gasteiger partial charge in [-0.25, -0.2) is 0 Å². The molecular formula is C25H30N2O3. The van der Waals surface area contributed by atoms with Crippen LogP contribution in [0.3, 0.4) is 0 Å². The van der Waals surface area contributed by atoms with Gasteiger partial charge in [-0.3, -0.25) is 4.98 Å². The van der Waals surface area contributed by atoms with Gasteiger partial charge in [-0.15, -0.1) is 0 Å². The molecule has 0 aliphatic carbocycles. The van der Waals surface area contributed by atoms with Crippen LogP contribution in [0.25, 0.3) is 10.9 Å². The number of piperidine rings is 1. The van der Waals surface area contributed by atoms with E-state index in [0.717, 1.165) is 48.5 Å². The van der Waals surface area contributed by atoms with Crippen molar-refractivity contribution in [1.29, 1.82) is 0 Å². The molecule has 2 aromatic carbocycles. The summed E-state index contributed by atoms with van der Waals surface area (Å²) < 4.78 is 17.0. The summed E-state index contributed by atoms with van der Waals surface area (Å²) in [6.45, 7) is 4.03. The van der Waals surface area contributed by atoms with Gasteiger partial charge < -0.3 is 19.1 Å². The Balaban J connectivity index is 1.28. The number of benzene rings is 2. The minimum Gasteiger partial charge on any atom is -0.496 e. The molecule has 0 saturated carbocycles. The lowest BCUT2D eigenvalue weighted by molar-refractivity contribution is 0.191. The molecule has 1 aliphatic rings. The first-order valence-corrected chi connectivity index (χ1v) is 10.7. The molecule has 0 spiro atoms. The number of ether oxygens (including phenoxy) is 3. The summed E-state index contributed by atoms with van der Waals surface area (Å²) in [6.07, 6.45) is 5.20. The highest BCUT2D eigenvalue weighted by atomic mass is 16.5. The van der Waals surface area contributed by atoms with E-state index in [2.05, 4.69) is 40.2 Å². The first kappa shape index (κ1) is 20.5. The van der Waals surface area contributed by atoms with Crippen LogP contribution in [0.1, 0.15) is 30.7 Å². The van der Waals surface area contributed by atoms with Gasteiger partial charge in [-0.05, 0) is 56.0 Å². The molecule has 1 fully saturated rings. The van der Waals surface area contributed by atoms with E-state index in [1.165, 1.54) is 18.4 Å². The lowest BCUT2D eigenvalue weighted by Crippen LogP contribution is -2.34. The van der Waals surface area contributed by atoms with Crippen LogP contribution in [0.5, 0.6) is 17.2 Å². The minimum atomic E-state index is 0.657. The maximum Gasteiger partial charge on any atom is 0.163 e. The van der Waals surface area contributed by atoms with Gasteiger partial charge in [-0.1, -0.05) is 30.3 Å². The van der Waals surface area contributed by atoms with E-state index in [9.17, 15) is 0 Å². The third-order valence-electron chi connectivity index (χ3n) is 5.94. The maximum absolute atomic E-state index is 6.06. The standard InChI is InChI=1S/C25H30N2O3/c1-28-23-9-12-26-22-18-25(24(29-2)17-21(22)23)30-16-6-13-27-14-10-20(11-15-27)19-7-4-3-5-8-19/h3-5,7-9,12,17-18,20H,6,10-11,13-16H2,1-2H3. The summed E-state index contributed by atoms with van der Waals surface area (Å²) in [5.41, 5.74) is 2.32. The van der Waals surface area contributed by atoms with Crippen molar-refractivity contribution in [3.8, 4) is 17.2 Å². The zero-order valence-electron chi connectivity index (χ0n) is 17.8. The topological polar surface area (TPSA) is 43.8 Å². The summed E-state index contributed by atoms with van der Waals surface area (Å²) in [5, 5.41) is 0.922. The van der Waals surface area contributed by atoms with E-state index in [1.54, 1.807) is 20.4 Å². The molecule has 2 heterocycles. The van der Waals surface area contributed by atoms with Crippen molar-refractivity contribution in [2.24, 2.45) is 0 Å². The average Bonchev–Trinajstić information content (AvgIpc) is 2.81. The van der Waals surface area contributed by atoms with Crippen LogP contribution in [0, 0.1) is 0 Å². The Hall–Kier alpha value is -2.79. The van der Waals surface area contributed by atoms with Gasteiger partial charge in [0.15, 0.2) is 11.5 Å². The molecule has 1 aliphatic heterocycles. The second-order valence-electron chi connectivity index (χ2n) is 7.76. The summed E-state index contributed by atoms with van der Waals surface area (Å²) in [6, 6.07) is 16.6. The van der Waals surface area contributed by atoms with Gasteiger partial charge in [0, 0.05) is 24.2 Å². The third kappa shape index (κ3) is 4.68. The molecular weight excluding hydrogens is 376 g/mol. The first-order valence-electron chi connectivity index (χ1n) is 10.7. The Morgan fingerprint density at radius 3 is 2.43 bits per heavy atom. The van der Waals surface area contributed by atoms with E-state index in [4.69, 9.17) is 14.2 Å². The molecule has 0 atom stereocenters. The Morgan fingerprint density at radius 2 is 1.70 bits per heavy atom. The quantitative estimate of drug-likeness (QED) is 0.498. The molecule has 0 bridgehead atoms. The van der Waals surface area contributed by atoms with Gasteiger partial charge >= 0.3 is 0 Å². The first-order chi connectivity index (χ1) is 14.8. The number of fused-ring (bicyclic) bond motifs is 1. The lowest BCUT2D eigenvalue weighted by Gasteiger charge is -2.32. The van der Waals surface area contributed by atoms with Gasteiger partial charge in [0.1, 0.15) is 5.75 Å². The SMILES string of the molecule is COc1cc2c(OC)ccnc2cc1OCCCN1CCC(c2ccccc2)CC1. The van der Waals surface area contributed by atoms with Crippen molar-refractivity contribution in [3.63, 3.8) is 0 Å². The average molecular weight is 407 g/mol. The van der Waals surface area contributed by atoms with E-state index in [-0.39, 0.29) is 0 Å². The fraction of sp³-hybridized carbons (Fsp3) is 0.400. The number of methoxy groups -OCH3 is 2. The van der Waals surface area contributed by atoms with Gasteiger partial charge in [0.25, 0.3) is 0 Å². The molecule has 0 N–H and O–H groups in total. The Labute approximate surface area is 178 Å². The van der Waals surface area contributed by atoms with Crippen molar-refractivity contribution in [1.82, 2.24) is 9.88 Å². The largest absolute Gasteiger partial charge is 0.496 e. The van der Waals surface area contributed by atoms with Crippen LogP contribution in [0.4, 0.5) is 0 Å². The van der Waals surface area contributed by atoms with Gasteiger partial charge in [0.2, 0.25) is 0 Å². The molecule has 0 unspecified atom stereocenters. The van der Waals surface area contributed by atoms with Crippen LogP contribution in [-0.4, -0.2) is 50.3 Å². The van der Waals surface area contributed by atoms with Crippen molar-refractivity contribution in [2.45, 2.75) is 25.2 Å². The van der Waals surface area contributed by atoms with Crippen molar-refractivity contribution in [3.05, 3.63) is 60.3 Å². The highest BCUT2D eigenvalue weighted by molar-refractivity contribution is 5.88. The predicted octanol–water partition coefficient (Wildman–Crippen LogP) is 4.90. The summed E-state index contributed by atoms with van der Waals surface area (Å²) in [4.78, 5) is 6.98. The monoisotopic (exact) mass is 406 g/mol. The number of hydrogen-bond donors (Lipinski definition) is 0. The third-order valence-corrected chi connectivity index (χ3v) is 5.94. The van der Waals surface area contributed by atoms with Crippen LogP contribution in [0.2, 0.25) is 0 Å². The van der Waals surface area contributed by atoms with Crippen LogP contribution >= 0.6 is 0 Å². The molecule has 5 nitrogen and oxygen atoms in total. The minimum absolute atomic E-state index is 0.657. The molecule has 1 saturated heterocycles. The Kier molecular flexibility index (Phi) is 6.70. The molecule has 0 amide bonds. The molecule has 158 valence electrons. The Morgan fingerprint density at radius 1 is 0.933 bits per heavy atom. The zero-order valence-corrected chi connectivity index (χ0v) is 17.8. The highest BCUT2D eigenvalue weighted by Crippen LogP contribution is 2.35. The summed E-state index contributed by atoms with van der Waals surface area (Å²) in [7, 11) is 3.32. The number of likely N-dealkylation sites (tertiary alicyclic amines) is 1. The summed E-state index contributed by atoms with van der Waals surface area (Å²) >= 11 is 0. The van der Waals surface area contributed by atoms with Crippen LogP contribution in [-0.2, 0) is 0 Å². The fourth-order valence-corrected chi connectivity index (χ4v) is 4.26. The van der Waals surface area contributed by atoms with E-state index in [0.29, 0.717) is 18.3 Å². The normalized spacial score (nSPS) is 15.3. The van der Waals surface area contributed by atoms with E-state index >= 15 is 0 Å². The maximum atomic E-state index is 6.06. The number of hydrogen-bond acceptors (Lipinski definition) is 5. The van der Waals surface area contributed by atoms with Crippen molar-refractivity contribution < 1.29 is 14.2 Å². The smallest absolute Gasteiger partial charge is 0.163 e. The Bertz CT molecular complexity index is 953. The zero-order chi connectivity index (χ0) is 20.8. The fourth-order valence-electron chi connectivity index (χ4n) is 4.26. The number of nitrogens with zero attached hydrogens (tertiary/aromatic N) is 2. The lowest BCUT2D eigenvalue weighted by atomic mass is 9.89. The van der Waals surface area contributed by atoms with Crippen molar-refractivity contribution in [2.75, 3.05) is 40.5 Å². The molecule has 1 aromatic heterocycles. The van der Waals surface area contributed by atoms with Gasteiger partial charge in [-0.2, -0.15) is 0 Å². The second kappa shape index (κ2) is 9.81. The van der Waals surface area contributed by atoms with Crippen LogP contribution < -0.4 is 14.2 Å². The predicted molar refractivity (Wildman–Crippen MR) is 120 cm³/mol. The van der Waals surface area contributed by atoms with E-state index in [1.807, 2.05) is 18.2 Å². The molecule has 4 rings (SSSR count). The summed E-state index contributed by atoms with van der Waals surface area (Å²) in [5.74, 6) is 2.92. The molecule has 3 aromatic rings.